The first-order chi connectivity index (χ1) is 16.4. The third-order valence-electron chi connectivity index (χ3n) is 6.28. The molecular formula is C23H29Cl2FN8. The van der Waals surface area contributed by atoms with E-state index in [0.29, 0.717) is 47.0 Å². The van der Waals surface area contributed by atoms with Crippen molar-refractivity contribution >= 4 is 34.7 Å². The lowest BCUT2D eigenvalue weighted by molar-refractivity contribution is 0.210. The van der Waals surface area contributed by atoms with Crippen LogP contribution in [0.15, 0.2) is 28.9 Å². The summed E-state index contributed by atoms with van der Waals surface area (Å²) in [7, 11) is 0. The number of piperidine rings is 1. The number of aromatic amines is 1. The highest BCUT2D eigenvalue weighted by molar-refractivity contribution is 6.36. The first-order valence-electron chi connectivity index (χ1n) is 11.5. The molecule has 11 heteroatoms. The molecule has 1 aromatic heterocycles. The summed E-state index contributed by atoms with van der Waals surface area (Å²) in [4.78, 5) is 13.3. The minimum atomic E-state index is -0.535. The minimum Gasteiger partial charge on any atom is -0.382 e. The van der Waals surface area contributed by atoms with Crippen molar-refractivity contribution in [2.45, 2.75) is 38.6 Å². The molecule has 1 aromatic carbocycles. The van der Waals surface area contributed by atoms with Gasteiger partial charge in [-0.05, 0) is 57.1 Å². The summed E-state index contributed by atoms with van der Waals surface area (Å²) in [5.41, 5.74) is 7.28. The van der Waals surface area contributed by atoms with Gasteiger partial charge >= 0.3 is 0 Å². The van der Waals surface area contributed by atoms with Gasteiger partial charge < -0.3 is 15.5 Å². The summed E-state index contributed by atoms with van der Waals surface area (Å²) in [5, 5.41) is 16.2. The maximum atomic E-state index is 14.0. The third-order valence-corrected chi connectivity index (χ3v) is 7.04. The second kappa shape index (κ2) is 10.8. The number of nitrogens with two attached hydrogens (primary N) is 1. The van der Waals surface area contributed by atoms with Crippen LogP contribution in [0.5, 0.6) is 0 Å². The van der Waals surface area contributed by atoms with E-state index in [1.807, 2.05) is 4.90 Å². The lowest BCUT2D eigenvalue weighted by Crippen LogP contribution is -2.38. The van der Waals surface area contributed by atoms with E-state index < -0.39 is 5.82 Å². The van der Waals surface area contributed by atoms with Crippen molar-refractivity contribution < 1.29 is 4.39 Å². The van der Waals surface area contributed by atoms with Crippen molar-refractivity contribution in [1.82, 2.24) is 25.0 Å². The number of amidine groups is 1. The molecule has 2 aromatic rings. The molecule has 0 spiro atoms. The molecular weight excluding hydrogens is 478 g/mol. The number of nitrogens with zero attached hydrogens (tertiary/aromatic N) is 5. The van der Waals surface area contributed by atoms with Crippen molar-refractivity contribution in [3.05, 3.63) is 57.0 Å². The van der Waals surface area contributed by atoms with Crippen molar-refractivity contribution in [2.75, 3.05) is 32.7 Å². The summed E-state index contributed by atoms with van der Waals surface area (Å²) < 4.78 is 14.0. The third kappa shape index (κ3) is 5.42. The molecule has 4 N–H and O–H groups in total. The zero-order chi connectivity index (χ0) is 24.2. The van der Waals surface area contributed by atoms with Crippen LogP contribution in [-0.4, -0.2) is 69.3 Å². The van der Waals surface area contributed by atoms with Gasteiger partial charge in [0, 0.05) is 29.6 Å². The summed E-state index contributed by atoms with van der Waals surface area (Å²) in [6, 6.07) is 2.72. The van der Waals surface area contributed by atoms with Gasteiger partial charge in [-0.1, -0.05) is 30.1 Å². The van der Waals surface area contributed by atoms with E-state index in [9.17, 15) is 4.39 Å². The normalized spacial score (nSPS) is 19.0. The molecule has 0 radical (unpaired) electrons. The number of rotatable bonds is 7. The summed E-state index contributed by atoms with van der Waals surface area (Å²) >= 11 is 12.5. The minimum absolute atomic E-state index is 0.0217. The van der Waals surface area contributed by atoms with Crippen LogP contribution < -0.4 is 5.73 Å². The number of allylic oxidation sites excluding steroid dienone is 1. The summed E-state index contributed by atoms with van der Waals surface area (Å²) in [6.07, 6.45) is 4.79. The van der Waals surface area contributed by atoms with E-state index >= 15 is 0 Å². The second-order valence-electron chi connectivity index (χ2n) is 8.61. The molecule has 182 valence electrons. The van der Waals surface area contributed by atoms with Crippen LogP contribution in [0.1, 0.15) is 49.3 Å². The Morgan fingerprint density at radius 2 is 2.06 bits per heavy atom. The highest BCUT2D eigenvalue weighted by Gasteiger charge is 2.25. The topological polar surface area (TPSA) is 110 Å². The predicted molar refractivity (Wildman–Crippen MR) is 133 cm³/mol. The Kier molecular flexibility index (Phi) is 7.85. The standard InChI is InChI=1S/C23H29Cl2FN8/c1-2-8-33-9-5-14(6-10-33)22-30-23(32-31-22)18(27)12-19-21(28)29-7-11-34(19)13-15-16(24)3-4-17(26)20(15)25/h3-4,12,14,27H,2,5-11,13H2,1H3,(H2,28,29)(H,30,31,32)/b19-12+,27-18?. The highest BCUT2D eigenvalue weighted by atomic mass is 35.5. The number of aromatic nitrogens is 3. The fraction of sp³-hybridized carbons (Fsp3) is 0.478. The maximum absolute atomic E-state index is 14.0. The van der Waals surface area contributed by atoms with Gasteiger partial charge in [-0.3, -0.25) is 15.5 Å². The van der Waals surface area contributed by atoms with Crippen molar-refractivity contribution in [3.8, 4) is 0 Å². The molecule has 4 rings (SSSR count). The molecule has 0 saturated carbocycles. The molecule has 2 aliphatic rings. The SMILES string of the molecule is CCCN1CCC(c2nc(C(=N)/C=C3\C(N)=NCCN3Cc3c(Cl)ccc(F)c3Cl)n[nH]2)CC1. The Labute approximate surface area is 208 Å². The van der Waals surface area contributed by atoms with Gasteiger partial charge in [-0.15, -0.1) is 0 Å². The van der Waals surface area contributed by atoms with Crippen molar-refractivity contribution in [2.24, 2.45) is 10.7 Å². The number of likely N-dealkylation sites (tertiary alicyclic amines) is 1. The number of benzene rings is 1. The van der Waals surface area contributed by atoms with E-state index in [0.717, 1.165) is 44.7 Å². The van der Waals surface area contributed by atoms with E-state index in [1.54, 1.807) is 6.08 Å². The van der Waals surface area contributed by atoms with Gasteiger partial charge in [-0.2, -0.15) is 5.10 Å². The van der Waals surface area contributed by atoms with Crippen molar-refractivity contribution in [1.29, 1.82) is 5.41 Å². The van der Waals surface area contributed by atoms with Gasteiger partial charge in [0.25, 0.3) is 0 Å². The zero-order valence-electron chi connectivity index (χ0n) is 19.1. The lowest BCUT2D eigenvalue weighted by Gasteiger charge is -2.30. The van der Waals surface area contributed by atoms with Crippen LogP contribution in [0.3, 0.4) is 0 Å². The Balaban J connectivity index is 1.51. The van der Waals surface area contributed by atoms with Crippen LogP contribution >= 0.6 is 23.2 Å². The molecule has 1 saturated heterocycles. The van der Waals surface area contributed by atoms with Gasteiger partial charge in [0.1, 0.15) is 23.2 Å². The van der Waals surface area contributed by atoms with E-state index in [1.165, 1.54) is 12.1 Å². The molecule has 34 heavy (non-hydrogen) atoms. The molecule has 0 bridgehead atoms. The highest BCUT2D eigenvalue weighted by Crippen LogP contribution is 2.30. The molecule has 0 atom stereocenters. The molecule has 2 aliphatic heterocycles. The van der Waals surface area contributed by atoms with Gasteiger partial charge in [0.05, 0.1) is 17.3 Å². The van der Waals surface area contributed by atoms with Crippen molar-refractivity contribution in [3.63, 3.8) is 0 Å². The Hall–Kier alpha value is -2.49. The van der Waals surface area contributed by atoms with Gasteiger partial charge in [0.15, 0.2) is 5.82 Å². The molecule has 3 heterocycles. The van der Waals surface area contributed by atoms with Crippen LogP contribution in [-0.2, 0) is 6.54 Å². The lowest BCUT2D eigenvalue weighted by atomic mass is 9.96. The van der Waals surface area contributed by atoms with Crippen LogP contribution in [0.25, 0.3) is 0 Å². The van der Waals surface area contributed by atoms with E-state index in [4.69, 9.17) is 34.3 Å². The van der Waals surface area contributed by atoms with E-state index in [2.05, 4.69) is 32.0 Å². The number of halogens is 3. The van der Waals surface area contributed by atoms with Crippen LogP contribution in [0.4, 0.5) is 4.39 Å². The van der Waals surface area contributed by atoms with Gasteiger partial charge in [-0.25, -0.2) is 9.37 Å². The zero-order valence-corrected chi connectivity index (χ0v) is 20.6. The molecule has 0 unspecified atom stereocenters. The largest absolute Gasteiger partial charge is 0.382 e. The van der Waals surface area contributed by atoms with E-state index in [-0.39, 0.29) is 17.3 Å². The van der Waals surface area contributed by atoms with Gasteiger partial charge in [0.2, 0.25) is 0 Å². The smallest absolute Gasteiger partial charge is 0.199 e. The average molecular weight is 507 g/mol. The first-order valence-corrected chi connectivity index (χ1v) is 12.3. The average Bonchev–Trinajstić information content (AvgIpc) is 3.32. The molecule has 0 amide bonds. The maximum Gasteiger partial charge on any atom is 0.199 e. The first kappa shape index (κ1) is 24.6. The molecule has 1 fully saturated rings. The molecule has 0 aliphatic carbocycles. The molecule has 8 nitrogen and oxygen atoms in total. The number of hydrogen-bond acceptors (Lipinski definition) is 7. The summed E-state index contributed by atoms with van der Waals surface area (Å²) in [6.45, 7) is 6.65. The Morgan fingerprint density at radius 1 is 1.29 bits per heavy atom. The Bertz CT molecular complexity index is 1100. The second-order valence-corrected chi connectivity index (χ2v) is 9.40. The monoisotopic (exact) mass is 506 g/mol. The number of nitrogens with one attached hydrogen (secondary N) is 2. The van der Waals surface area contributed by atoms with Crippen LogP contribution in [0.2, 0.25) is 10.0 Å². The number of hydrogen-bond donors (Lipinski definition) is 3. The summed E-state index contributed by atoms with van der Waals surface area (Å²) in [5.74, 6) is 1.18. The fourth-order valence-electron chi connectivity index (χ4n) is 4.41. The number of H-pyrrole nitrogens is 1. The quantitative estimate of drug-likeness (QED) is 0.388. The Morgan fingerprint density at radius 3 is 2.79 bits per heavy atom. The predicted octanol–water partition coefficient (Wildman–Crippen LogP) is 3.96. The van der Waals surface area contributed by atoms with Crippen LogP contribution in [0, 0.1) is 11.2 Å². The number of aliphatic imine (C=N–C) groups is 1. The fourth-order valence-corrected chi connectivity index (χ4v) is 4.90.